The van der Waals surface area contributed by atoms with Crippen molar-refractivity contribution in [3.63, 3.8) is 0 Å². The van der Waals surface area contributed by atoms with Gasteiger partial charge in [-0.2, -0.15) is 0 Å². The van der Waals surface area contributed by atoms with Gasteiger partial charge in [0, 0.05) is 18.6 Å². The number of sulfonamides is 1. The number of benzene rings is 1. The number of aliphatic hydroxyl groups excluding tert-OH is 1. The van der Waals surface area contributed by atoms with Crippen LogP contribution in [-0.4, -0.2) is 26.7 Å². The monoisotopic (exact) mass is 332 g/mol. The van der Waals surface area contributed by atoms with Crippen LogP contribution in [-0.2, 0) is 10.0 Å². The van der Waals surface area contributed by atoms with E-state index in [1.54, 1.807) is 6.07 Å². The summed E-state index contributed by atoms with van der Waals surface area (Å²) in [6.45, 7) is 0.185. The summed E-state index contributed by atoms with van der Waals surface area (Å²) in [5, 5.41) is 9.73. The summed E-state index contributed by atoms with van der Waals surface area (Å²) in [5.74, 6) is 0. The number of anilines is 1. The summed E-state index contributed by atoms with van der Waals surface area (Å²) in [6, 6.07) is 4.60. The first kappa shape index (κ1) is 16.5. The molecule has 1 aliphatic carbocycles. The van der Waals surface area contributed by atoms with Gasteiger partial charge in [-0.3, -0.25) is 0 Å². The van der Waals surface area contributed by atoms with Gasteiger partial charge in [0.2, 0.25) is 10.0 Å². The van der Waals surface area contributed by atoms with Crippen LogP contribution in [0.2, 0.25) is 5.02 Å². The zero-order valence-electron chi connectivity index (χ0n) is 11.8. The molecule has 0 aliphatic heterocycles. The van der Waals surface area contributed by atoms with Gasteiger partial charge in [0.05, 0.1) is 10.7 Å². The molecule has 21 heavy (non-hydrogen) atoms. The standard InChI is InChI=1S/C14H21ClN2O3S/c15-11-5-4-6-12(16)13(11)21(19,20)17-9-14(10-18)7-2-1-3-8-14/h4-6,17-18H,1-3,7-10,16H2. The number of nitrogens with one attached hydrogen (secondary N) is 1. The summed E-state index contributed by atoms with van der Waals surface area (Å²) in [7, 11) is -3.79. The SMILES string of the molecule is Nc1cccc(Cl)c1S(=O)(=O)NCC1(CO)CCCCC1. The quantitative estimate of drug-likeness (QED) is 0.720. The average molecular weight is 333 g/mol. The van der Waals surface area contributed by atoms with Gasteiger partial charge in [0.1, 0.15) is 4.90 Å². The Labute approximate surface area is 130 Å². The van der Waals surface area contributed by atoms with Crippen molar-refractivity contribution in [3.05, 3.63) is 23.2 Å². The van der Waals surface area contributed by atoms with Crippen LogP contribution >= 0.6 is 11.6 Å². The van der Waals surface area contributed by atoms with E-state index >= 15 is 0 Å². The molecule has 0 heterocycles. The Bertz CT molecular complexity index is 578. The maximum Gasteiger partial charge on any atom is 0.244 e. The summed E-state index contributed by atoms with van der Waals surface area (Å²) in [5.41, 5.74) is 5.48. The van der Waals surface area contributed by atoms with Crippen LogP contribution in [0.3, 0.4) is 0 Å². The Kier molecular flexibility index (Phi) is 5.14. The van der Waals surface area contributed by atoms with E-state index in [9.17, 15) is 13.5 Å². The molecule has 0 unspecified atom stereocenters. The molecule has 0 atom stereocenters. The molecule has 0 radical (unpaired) electrons. The van der Waals surface area contributed by atoms with Crippen LogP contribution in [0, 0.1) is 5.41 Å². The Morgan fingerprint density at radius 3 is 2.52 bits per heavy atom. The minimum atomic E-state index is -3.79. The predicted octanol–water partition coefficient (Wildman–Crippen LogP) is 2.14. The second-order valence-corrected chi connectivity index (χ2v) is 7.81. The molecule has 4 N–H and O–H groups in total. The van der Waals surface area contributed by atoms with E-state index in [0.717, 1.165) is 32.1 Å². The van der Waals surface area contributed by atoms with Crippen molar-refractivity contribution in [3.8, 4) is 0 Å². The second-order valence-electron chi connectivity index (χ2n) is 5.70. The third-order valence-corrected chi connectivity index (χ3v) is 6.10. The largest absolute Gasteiger partial charge is 0.398 e. The van der Waals surface area contributed by atoms with Crippen LogP contribution in [0.15, 0.2) is 23.1 Å². The molecule has 1 fully saturated rings. The lowest BCUT2D eigenvalue weighted by Gasteiger charge is -2.35. The van der Waals surface area contributed by atoms with Crippen molar-refractivity contribution in [2.24, 2.45) is 5.41 Å². The minimum Gasteiger partial charge on any atom is -0.398 e. The molecule has 1 aromatic carbocycles. The highest BCUT2D eigenvalue weighted by Crippen LogP contribution is 2.36. The molecule has 1 saturated carbocycles. The highest BCUT2D eigenvalue weighted by molar-refractivity contribution is 7.89. The first-order valence-corrected chi connectivity index (χ1v) is 8.91. The van der Waals surface area contributed by atoms with Gasteiger partial charge in [-0.25, -0.2) is 13.1 Å². The highest BCUT2D eigenvalue weighted by Gasteiger charge is 2.33. The number of aliphatic hydroxyl groups is 1. The van der Waals surface area contributed by atoms with E-state index in [4.69, 9.17) is 17.3 Å². The molecule has 1 aromatic rings. The molecule has 1 aliphatic rings. The summed E-state index contributed by atoms with van der Waals surface area (Å²) >= 11 is 5.96. The third kappa shape index (κ3) is 3.69. The Morgan fingerprint density at radius 2 is 1.95 bits per heavy atom. The maximum atomic E-state index is 12.4. The first-order chi connectivity index (χ1) is 9.90. The number of nitrogen functional groups attached to an aromatic ring is 1. The number of hydrogen-bond donors (Lipinski definition) is 3. The zero-order valence-corrected chi connectivity index (χ0v) is 13.4. The minimum absolute atomic E-state index is 0.0203. The molecule has 7 heteroatoms. The lowest BCUT2D eigenvalue weighted by atomic mass is 9.75. The van der Waals surface area contributed by atoms with Crippen molar-refractivity contribution in [1.82, 2.24) is 4.72 Å². The van der Waals surface area contributed by atoms with Crippen molar-refractivity contribution in [2.75, 3.05) is 18.9 Å². The molecule has 0 amide bonds. The van der Waals surface area contributed by atoms with Gasteiger partial charge >= 0.3 is 0 Å². The van der Waals surface area contributed by atoms with Gasteiger partial charge < -0.3 is 10.8 Å². The van der Waals surface area contributed by atoms with E-state index in [2.05, 4.69) is 4.72 Å². The lowest BCUT2D eigenvalue weighted by molar-refractivity contribution is 0.0867. The molecule has 5 nitrogen and oxygen atoms in total. The lowest BCUT2D eigenvalue weighted by Crippen LogP contribution is -2.41. The fourth-order valence-electron chi connectivity index (χ4n) is 2.82. The second kappa shape index (κ2) is 6.52. The van der Waals surface area contributed by atoms with Gasteiger partial charge in [-0.15, -0.1) is 0 Å². The van der Waals surface area contributed by atoms with E-state index in [1.807, 2.05) is 0 Å². The van der Waals surface area contributed by atoms with Crippen LogP contribution in [0.1, 0.15) is 32.1 Å². The number of halogens is 1. The van der Waals surface area contributed by atoms with E-state index in [-0.39, 0.29) is 34.2 Å². The molecular weight excluding hydrogens is 312 g/mol. The molecule has 2 rings (SSSR count). The van der Waals surface area contributed by atoms with Crippen molar-refractivity contribution in [1.29, 1.82) is 0 Å². The van der Waals surface area contributed by atoms with Crippen molar-refractivity contribution >= 4 is 27.3 Å². The van der Waals surface area contributed by atoms with E-state index in [1.165, 1.54) is 12.1 Å². The first-order valence-electron chi connectivity index (χ1n) is 7.05. The van der Waals surface area contributed by atoms with Crippen molar-refractivity contribution < 1.29 is 13.5 Å². The Balaban J connectivity index is 2.18. The molecule has 118 valence electrons. The Morgan fingerprint density at radius 1 is 1.29 bits per heavy atom. The van der Waals surface area contributed by atoms with Gasteiger partial charge in [-0.05, 0) is 25.0 Å². The van der Waals surface area contributed by atoms with Crippen LogP contribution in [0.25, 0.3) is 0 Å². The van der Waals surface area contributed by atoms with E-state index in [0.29, 0.717) is 0 Å². The summed E-state index contributed by atoms with van der Waals surface area (Å²) in [6.07, 6.45) is 4.80. The highest BCUT2D eigenvalue weighted by atomic mass is 35.5. The fraction of sp³-hybridized carbons (Fsp3) is 0.571. The topological polar surface area (TPSA) is 92.4 Å². The normalized spacial score (nSPS) is 18.6. The van der Waals surface area contributed by atoms with Crippen LogP contribution in [0.5, 0.6) is 0 Å². The summed E-state index contributed by atoms with van der Waals surface area (Å²) in [4.78, 5) is -0.0874. The van der Waals surface area contributed by atoms with Crippen molar-refractivity contribution in [2.45, 2.75) is 37.0 Å². The summed E-state index contributed by atoms with van der Waals surface area (Å²) < 4.78 is 27.4. The molecule has 0 saturated heterocycles. The van der Waals surface area contributed by atoms with Crippen LogP contribution < -0.4 is 10.5 Å². The van der Waals surface area contributed by atoms with Crippen LogP contribution in [0.4, 0.5) is 5.69 Å². The molecule has 0 aromatic heterocycles. The van der Waals surface area contributed by atoms with Gasteiger partial charge in [-0.1, -0.05) is 36.9 Å². The predicted molar refractivity (Wildman–Crippen MR) is 83.7 cm³/mol. The van der Waals surface area contributed by atoms with Gasteiger partial charge in [0.15, 0.2) is 0 Å². The van der Waals surface area contributed by atoms with Gasteiger partial charge in [0.25, 0.3) is 0 Å². The number of nitrogens with two attached hydrogens (primary N) is 1. The molecule has 0 bridgehead atoms. The molecular formula is C14H21ClN2O3S. The maximum absolute atomic E-state index is 12.4. The zero-order chi connectivity index (χ0) is 15.5. The smallest absolute Gasteiger partial charge is 0.244 e. The third-order valence-electron chi connectivity index (χ3n) is 4.15. The van der Waals surface area contributed by atoms with E-state index < -0.39 is 10.0 Å². The number of hydrogen-bond acceptors (Lipinski definition) is 4. The number of rotatable bonds is 5. The average Bonchev–Trinajstić information content (AvgIpc) is 2.46. The molecule has 0 spiro atoms. The fourth-order valence-corrected chi connectivity index (χ4v) is 4.65. The Hall–Kier alpha value is -0.820.